The van der Waals surface area contributed by atoms with E-state index in [4.69, 9.17) is 9.84 Å². The van der Waals surface area contributed by atoms with Crippen LogP contribution in [0, 0.1) is 0 Å². The Kier molecular flexibility index (Phi) is 6.96. The Morgan fingerprint density at radius 3 is 2.42 bits per heavy atom. The maximum absolute atomic E-state index is 12.6. The molecular formula is C18H21NO4S. The molecule has 0 fully saturated rings. The number of benzene rings is 1. The second-order valence-electron chi connectivity index (χ2n) is 5.34. The summed E-state index contributed by atoms with van der Waals surface area (Å²) in [5.41, 5.74) is 1.24. The summed E-state index contributed by atoms with van der Waals surface area (Å²) >= 11 is 1.01. The van der Waals surface area contributed by atoms with Crippen LogP contribution in [0.25, 0.3) is 0 Å². The first kappa shape index (κ1) is 18.2. The van der Waals surface area contributed by atoms with Gasteiger partial charge in [0, 0.05) is 20.2 Å². The molecule has 1 aromatic carbocycles. The number of carbonyl (C=O) groups is 2. The molecule has 0 unspecified atom stereocenters. The molecule has 0 spiro atoms. The molecule has 0 bridgehead atoms. The first-order chi connectivity index (χ1) is 11.6. The standard InChI is InChI=1S/C18H21NO4S/c1-23-13-12-19(11-5-8-14-6-3-2-4-7-14)17(20)15-9-10-16(24-15)18(21)22/h2-4,6-7,9-10H,5,8,11-13H2,1H3,(H,21,22). The Labute approximate surface area is 145 Å². The zero-order valence-corrected chi connectivity index (χ0v) is 14.4. The second kappa shape index (κ2) is 9.20. The van der Waals surface area contributed by atoms with Crippen LogP contribution in [0.1, 0.15) is 31.3 Å². The van der Waals surface area contributed by atoms with E-state index in [1.165, 1.54) is 11.6 Å². The van der Waals surface area contributed by atoms with E-state index >= 15 is 0 Å². The van der Waals surface area contributed by atoms with Crippen LogP contribution in [0.5, 0.6) is 0 Å². The first-order valence-electron chi connectivity index (χ1n) is 7.77. The first-order valence-corrected chi connectivity index (χ1v) is 8.58. The molecule has 0 saturated carbocycles. The number of hydrogen-bond acceptors (Lipinski definition) is 4. The molecule has 2 aromatic rings. The molecule has 1 N–H and O–H groups in total. The van der Waals surface area contributed by atoms with E-state index in [2.05, 4.69) is 12.1 Å². The highest BCUT2D eigenvalue weighted by Gasteiger charge is 2.19. The van der Waals surface area contributed by atoms with E-state index in [1.807, 2.05) is 18.2 Å². The number of ether oxygens (including phenoxy) is 1. The fourth-order valence-electron chi connectivity index (χ4n) is 2.36. The number of carboxylic acids is 1. The molecule has 0 aliphatic heterocycles. The lowest BCUT2D eigenvalue weighted by atomic mass is 10.1. The molecule has 0 aliphatic carbocycles. The summed E-state index contributed by atoms with van der Waals surface area (Å²) in [6.07, 6.45) is 1.74. The van der Waals surface area contributed by atoms with Crippen molar-refractivity contribution in [2.24, 2.45) is 0 Å². The summed E-state index contributed by atoms with van der Waals surface area (Å²) in [5.74, 6) is -1.15. The van der Waals surface area contributed by atoms with E-state index < -0.39 is 5.97 Å². The molecule has 1 heterocycles. The Hall–Kier alpha value is -2.18. The largest absolute Gasteiger partial charge is 0.477 e. The lowest BCUT2D eigenvalue weighted by Crippen LogP contribution is -2.34. The monoisotopic (exact) mass is 347 g/mol. The van der Waals surface area contributed by atoms with Crippen LogP contribution in [0.4, 0.5) is 0 Å². The van der Waals surface area contributed by atoms with Crippen LogP contribution in [-0.4, -0.2) is 48.7 Å². The maximum Gasteiger partial charge on any atom is 0.345 e. The number of carbonyl (C=O) groups excluding carboxylic acids is 1. The fraction of sp³-hybridized carbons (Fsp3) is 0.333. The molecule has 0 aliphatic rings. The topological polar surface area (TPSA) is 66.8 Å². The Bertz CT molecular complexity index is 669. The molecule has 0 atom stereocenters. The van der Waals surface area contributed by atoms with Crippen LogP contribution in [0.15, 0.2) is 42.5 Å². The fourth-order valence-corrected chi connectivity index (χ4v) is 3.17. The molecule has 6 heteroatoms. The third kappa shape index (κ3) is 5.18. The highest BCUT2D eigenvalue weighted by Crippen LogP contribution is 2.19. The van der Waals surface area contributed by atoms with Crippen molar-refractivity contribution in [2.75, 3.05) is 26.8 Å². The van der Waals surface area contributed by atoms with Crippen molar-refractivity contribution in [3.8, 4) is 0 Å². The van der Waals surface area contributed by atoms with Gasteiger partial charge in [-0.05, 0) is 30.5 Å². The van der Waals surface area contributed by atoms with Crippen molar-refractivity contribution < 1.29 is 19.4 Å². The average Bonchev–Trinajstić information content (AvgIpc) is 3.08. The van der Waals surface area contributed by atoms with Crippen molar-refractivity contribution >= 4 is 23.2 Å². The number of amides is 1. The van der Waals surface area contributed by atoms with Gasteiger partial charge in [-0.2, -0.15) is 0 Å². The van der Waals surface area contributed by atoms with Gasteiger partial charge in [0.25, 0.3) is 5.91 Å². The lowest BCUT2D eigenvalue weighted by Gasteiger charge is -2.21. The predicted octanol–water partition coefficient (Wildman–Crippen LogP) is 3.17. The molecular weight excluding hydrogens is 326 g/mol. The van der Waals surface area contributed by atoms with Gasteiger partial charge in [0.2, 0.25) is 0 Å². The van der Waals surface area contributed by atoms with E-state index in [0.29, 0.717) is 24.6 Å². The van der Waals surface area contributed by atoms with Gasteiger partial charge in [0.05, 0.1) is 11.5 Å². The zero-order valence-electron chi connectivity index (χ0n) is 13.6. The Morgan fingerprint density at radius 2 is 1.79 bits per heavy atom. The third-order valence-electron chi connectivity index (χ3n) is 3.62. The zero-order chi connectivity index (χ0) is 17.4. The number of methoxy groups -OCH3 is 1. The Balaban J connectivity index is 1.97. The molecule has 0 saturated heterocycles. The van der Waals surface area contributed by atoms with Crippen LogP contribution in [0.2, 0.25) is 0 Å². The summed E-state index contributed by atoms with van der Waals surface area (Å²) in [7, 11) is 1.60. The second-order valence-corrected chi connectivity index (χ2v) is 6.43. The van der Waals surface area contributed by atoms with Gasteiger partial charge in [-0.15, -0.1) is 11.3 Å². The van der Waals surface area contributed by atoms with Gasteiger partial charge < -0.3 is 14.7 Å². The molecule has 2 rings (SSSR count). The van der Waals surface area contributed by atoms with Crippen LogP contribution in [-0.2, 0) is 11.2 Å². The highest BCUT2D eigenvalue weighted by molar-refractivity contribution is 7.15. The summed E-state index contributed by atoms with van der Waals surface area (Å²) in [5, 5.41) is 8.99. The van der Waals surface area contributed by atoms with E-state index in [9.17, 15) is 9.59 Å². The van der Waals surface area contributed by atoms with Gasteiger partial charge >= 0.3 is 5.97 Å². The van der Waals surface area contributed by atoms with Crippen LogP contribution in [0.3, 0.4) is 0 Å². The van der Waals surface area contributed by atoms with Crippen molar-refractivity contribution in [1.29, 1.82) is 0 Å². The minimum atomic E-state index is -1.01. The van der Waals surface area contributed by atoms with Gasteiger partial charge in [-0.1, -0.05) is 30.3 Å². The summed E-state index contributed by atoms with van der Waals surface area (Å²) in [6, 6.07) is 13.2. The molecule has 0 radical (unpaired) electrons. The number of hydrogen-bond donors (Lipinski definition) is 1. The number of nitrogens with zero attached hydrogens (tertiary/aromatic N) is 1. The number of aryl methyl sites for hydroxylation is 1. The van der Waals surface area contributed by atoms with Gasteiger partial charge in [0.1, 0.15) is 4.88 Å². The maximum atomic E-state index is 12.6. The third-order valence-corrected chi connectivity index (χ3v) is 4.68. The molecule has 1 aromatic heterocycles. The van der Waals surface area contributed by atoms with Crippen molar-refractivity contribution in [1.82, 2.24) is 4.90 Å². The normalized spacial score (nSPS) is 10.5. The SMILES string of the molecule is COCCN(CCCc1ccccc1)C(=O)c1ccc(C(=O)O)s1. The quantitative estimate of drug-likeness (QED) is 0.757. The summed E-state index contributed by atoms with van der Waals surface area (Å²) in [6.45, 7) is 1.55. The van der Waals surface area contributed by atoms with Gasteiger partial charge in [-0.25, -0.2) is 4.79 Å². The van der Waals surface area contributed by atoms with Crippen molar-refractivity contribution in [3.63, 3.8) is 0 Å². The van der Waals surface area contributed by atoms with E-state index in [-0.39, 0.29) is 10.8 Å². The average molecular weight is 347 g/mol. The van der Waals surface area contributed by atoms with Crippen molar-refractivity contribution in [2.45, 2.75) is 12.8 Å². The molecule has 128 valence electrons. The van der Waals surface area contributed by atoms with Gasteiger partial charge in [-0.3, -0.25) is 4.79 Å². The number of carboxylic acid groups (broad SMARTS) is 1. The van der Waals surface area contributed by atoms with Gasteiger partial charge in [0.15, 0.2) is 0 Å². The number of aromatic carboxylic acids is 1. The number of thiophene rings is 1. The minimum Gasteiger partial charge on any atom is -0.477 e. The molecule has 1 amide bonds. The smallest absolute Gasteiger partial charge is 0.345 e. The lowest BCUT2D eigenvalue weighted by molar-refractivity contribution is 0.0693. The minimum absolute atomic E-state index is 0.141. The number of rotatable bonds is 9. The predicted molar refractivity (Wildman–Crippen MR) is 93.8 cm³/mol. The molecule has 5 nitrogen and oxygen atoms in total. The van der Waals surface area contributed by atoms with E-state index in [0.717, 1.165) is 24.2 Å². The van der Waals surface area contributed by atoms with E-state index in [1.54, 1.807) is 18.1 Å². The Morgan fingerprint density at radius 1 is 1.08 bits per heavy atom. The molecule has 24 heavy (non-hydrogen) atoms. The van der Waals surface area contributed by atoms with Crippen molar-refractivity contribution in [3.05, 3.63) is 57.8 Å². The van der Waals surface area contributed by atoms with Crippen LogP contribution >= 0.6 is 11.3 Å². The highest BCUT2D eigenvalue weighted by atomic mass is 32.1. The van der Waals surface area contributed by atoms with Crippen LogP contribution < -0.4 is 0 Å². The summed E-state index contributed by atoms with van der Waals surface area (Å²) < 4.78 is 5.08. The summed E-state index contributed by atoms with van der Waals surface area (Å²) in [4.78, 5) is 25.9.